The monoisotopic (exact) mass is 356 g/mol. The molecule has 1 aliphatic rings. The van der Waals surface area contributed by atoms with E-state index in [2.05, 4.69) is 22.9 Å². The maximum atomic E-state index is 14.1. The molecule has 0 heterocycles. The first-order valence-electron chi connectivity index (χ1n) is 7.71. The van der Waals surface area contributed by atoms with Gasteiger partial charge in [-0.1, -0.05) is 32.6 Å². The van der Waals surface area contributed by atoms with Gasteiger partial charge in [0, 0.05) is 4.47 Å². The van der Waals surface area contributed by atoms with Crippen LogP contribution in [0.5, 0.6) is 5.75 Å². The second-order valence-electron chi connectivity index (χ2n) is 5.88. The smallest absolute Gasteiger partial charge is 0.176 e. The third-order valence-electron chi connectivity index (χ3n) is 4.35. The van der Waals surface area contributed by atoms with Crippen molar-refractivity contribution >= 4 is 22.2 Å². The first-order valence-corrected chi connectivity index (χ1v) is 8.51. The zero-order chi connectivity index (χ0) is 15.2. The Morgan fingerprint density at radius 1 is 1.29 bits per heavy atom. The van der Waals surface area contributed by atoms with Crippen molar-refractivity contribution in [1.29, 1.82) is 0 Å². The predicted octanol–water partition coefficient (Wildman–Crippen LogP) is 5.39. The average Bonchev–Trinajstić information content (AvgIpc) is 2.49. The SMILES string of the molecule is CCCC1CCC(COc2ccc(Br)c(C=O)c2F)CC1. The zero-order valence-corrected chi connectivity index (χ0v) is 14.0. The summed E-state index contributed by atoms with van der Waals surface area (Å²) in [5.74, 6) is 0.966. The van der Waals surface area contributed by atoms with Gasteiger partial charge in [-0.05, 0) is 52.7 Å². The molecule has 1 saturated carbocycles. The Labute approximate surface area is 134 Å². The van der Waals surface area contributed by atoms with Gasteiger partial charge in [0.05, 0.1) is 12.2 Å². The lowest BCUT2D eigenvalue weighted by Gasteiger charge is -2.28. The topological polar surface area (TPSA) is 26.3 Å². The van der Waals surface area contributed by atoms with Crippen LogP contribution in [0.15, 0.2) is 16.6 Å². The summed E-state index contributed by atoms with van der Waals surface area (Å²) in [6.07, 6.45) is 7.91. The molecule has 0 unspecified atom stereocenters. The van der Waals surface area contributed by atoms with Crippen molar-refractivity contribution in [2.75, 3.05) is 6.61 Å². The van der Waals surface area contributed by atoms with Gasteiger partial charge in [0.1, 0.15) is 0 Å². The van der Waals surface area contributed by atoms with Crippen molar-refractivity contribution < 1.29 is 13.9 Å². The van der Waals surface area contributed by atoms with E-state index in [9.17, 15) is 9.18 Å². The van der Waals surface area contributed by atoms with E-state index >= 15 is 0 Å². The number of hydrogen-bond acceptors (Lipinski definition) is 2. The molecule has 1 aromatic rings. The molecule has 0 aliphatic heterocycles. The first-order chi connectivity index (χ1) is 10.2. The van der Waals surface area contributed by atoms with Crippen molar-refractivity contribution in [3.63, 3.8) is 0 Å². The van der Waals surface area contributed by atoms with Crippen LogP contribution in [0.4, 0.5) is 4.39 Å². The molecule has 21 heavy (non-hydrogen) atoms. The normalized spacial score (nSPS) is 22.0. The van der Waals surface area contributed by atoms with E-state index < -0.39 is 5.82 Å². The molecule has 1 fully saturated rings. The first kappa shape index (κ1) is 16.5. The van der Waals surface area contributed by atoms with Crippen LogP contribution in [0.25, 0.3) is 0 Å². The van der Waals surface area contributed by atoms with Gasteiger partial charge in [-0.15, -0.1) is 0 Å². The maximum Gasteiger partial charge on any atom is 0.176 e. The van der Waals surface area contributed by atoms with Gasteiger partial charge >= 0.3 is 0 Å². The minimum Gasteiger partial charge on any atom is -0.490 e. The Bertz CT molecular complexity index is 482. The van der Waals surface area contributed by atoms with E-state index in [4.69, 9.17) is 4.74 Å². The molecule has 0 spiro atoms. The fraction of sp³-hybridized carbons (Fsp3) is 0.588. The fourth-order valence-corrected chi connectivity index (χ4v) is 3.47. The van der Waals surface area contributed by atoms with Gasteiger partial charge in [0.2, 0.25) is 0 Å². The van der Waals surface area contributed by atoms with Crippen molar-refractivity contribution in [3.8, 4) is 5.75 Å². The van der Waals surface area contributed by atoms with Crippen molar-refractivity contribution in [1.82, 2.24) is 0 Å². The molecule has 0 bridgehead atoms. The lowest BCUT2D eigenvalue weighted by Crippen LogP contribution is -2.20. The highest BCUT2D eigenvalue weighted by molar-refractivity contribution is 9.10. The maximum absolute atomic E-state index is 14.1. The van der Waals surface area contributed by atoms with E-state index in [1.807, 2.05) is 0 Å². The summed E-state index contributed by atoms with van der Waals surface area (Å²) in [6.45, 7) is 2.77. The molecule has 1 aromatic carbocycles. The van der Waals surface area contributed by atoms with Crippen LogP contribution in [-0.4, -0.2) is 12.9 Å². The third-order valence-corrected chi connectivity index (χ3v) is 5.04. The largest absolute Gasteiger partial charge is 0.490 e. The number of benzene rings is 1. The highest BCUT2D eigenvalue weighted by Gasteiger charge is 2.22. The summed E-state index contributed by atoms with van der Waals surface area (Å²) >= 11 is 3.16. The molecule has 116 valence electrons. The molecule has 1 aliphatic carbocycles. The summed E-state index contributed by atoms with van der Waals surface area (Å²) in [4.78, 5) is 10.9. The van der Waals surface area contributed by atoms with Gasteiger partial charge < -0.3 is 4.74 Å². The predicted molar refractivity (Wildman–Crippen MR) is 85.3 cm³/mol. The van der Waals surface area contributed by atoms with Crippen LogP contribution in [0.3, 0.4) is 0 Å². The Kier molecular flexibility index (Phi) is 6.22. The molecular formula is C17H22BrFO2. The number of ether oxygens (including phenoxy) is 1. The third kappa shape index (κ3) is 4.29. The van der Waals surface area contributed by atoms with E-state index in [-0.39, 0.29) is 11.3 Å². The summed E-state index contributed by atoms with van der Waals surface area (Å²) < 4.78 is 20.1. The molecular weight excluding hydrogens is 335 g/mol. The van der Waals surface area contributed by atoms with E-state index in [0.717, 1.165) is 18.8 Å². The fourth-order valence-electron chi connectivity index (χ4n) is 3.07. The average molecular weight is 357 g/mol. The van der Waals surface area contributed by atoms with Gasteiger partial charge in [-0.25, -0.2) is 4.39 Å². The van der Waals surface area contributed by atoms with Crippen molar-refractivity contribution in [2.45, 2.75) is 45.4 Å². The van der Waals surface area contributed by atoms with E-state index in [1.54, 1.807) is 12.1 Å². The second kappa shape index (κ2) is 7.92. The molecule has 4 heteroatoms. The standard InChI is InChI=1S/C17H22BrFO2/c1-2-3-12-4-6-13(7-5-12)11-21-16-9-8-15(18)14(10-20)17(16)19/h8-10,12-13H,2-7,11H2,1H3. The number of rotatable bonds is 6. The van der Waals surface area contributed by atoms with Crippen LogP contribution in [0, 0.1) is 17.7 Å². The number of hydrogen-bond donors (Lipinski definition) is 0. The molecule has 0 saturated heterocycles. The van der Waals surface area contributed by atoms with E-state index in [0.29, 0.717) is 23.3 Å². The van der Waals surface area contributed by atoms with Gasteiger partial charge in [0.25, 0.3) is 0 Å². The number of aldehydes is 1. The van der Waals surface area contributed by atoms with Crippen molar-refractivity contribution in [3.05, 3.63) is 28.0 Å². The number of carbonyl (C=O) groups excluding carboxylic acids is 1. The quantitative estimate of drug-likeness (QED) is 0.639. The van der Waals surface area contributed by atoms with Crippen molar-refractivity contribution in [2.24, 2.45) is 11.8 Å². The summed E-state index contributed by atoms with van der Waals surface area (Å²) in [5, 5.41) is 0. The summed E-state index contributed by atoms with van der Waals surface area (Å²) in [7, 11) is 0. The van der Waals surface area contributed by atoms with Crippen LogP contribution in [0.2, 0.25) is 0 Å². The molecule has 2 rings (SSSR count). The molecule has 0 N–H and O–H groups in total. The Morgan fingerprint density at radius 2 is 1.95 bits per heavy atom. The Balaban J connectivity index is 1.88. The second-order valence-corrected chi connectivity index (χ2v) is 6.73. The Hall–Kier alpha value is -0.900. The lowest BCUT2D eigenvalue weighted by molar-refractivity contribution is 0.111. The Morgan fingerprint density at radius 3 is 2.57 bits per heavy atom. The van der Waals surface area contributed by atoms with Gasteiger partial charge in [-0.2, -0.15) is 0 Å². The van der Waals surface area contributed by atoms with E-state index in [1.165, 1.54) is 25.7 Å². The summed E-state index contributed by atoms with van der Waals surface area (Å²) in [5.41, 5.74) is 0.0270. The molecule has 2 nitrogen and oxygen atoms in total. The van der Waals surface area contributed by atoms with Crippen LogP contribution < -0.4 is 4.74 Å². The molecule has 0 aromatic heterocycles. The minimum atomic E-state index is -0.570. The molecule has 0 amide bonds. The van der Waals surface area contributed by atoms with Gasteiger partial charge in [0.15, 0.2) is 17.9 Å². The van der Waals surface area contributed by atoms with Crippen LogP contribution >= 0.6 is 15.9 Å². The van der Waals surface area contributed by atoms with Crippen LogP contribution in [0.1, 0.15) is 55.8 Å². The zero-order valence-electron chi connectivity index (χ0n) is 12.4. The number of carbonyl (C=O) groups is 1. The van der Waals surface area contributed by atoms with Crippen LogP contribution in [-0.2, 0) is 0 Å². The highest BCUT2D eigenvalue weighted by Crippen LogP contribution is 2.33. The molecule has 0 atom stereocenters. The lowest BCUT2D eigenvalue weighted by atomic mass is 9.80. The minimum absolute atomic E-state index is 0.0270. The number of halogens is 2. The highest BCUT2D eigenvalue weighted by atomic mass is 79.9. The molecule has 0 radical (unpaired) electrons. The van der Waals surface area contributed by atoms with Gasteiger partial charge in [-0.3, -0.25) is 4.79 Å². The summed E-state index contributed by atoms with van der Waals surface area (Å²) in [6, 6.07) is 3.23.